The second-order valence-electron chi connectivity index (χ2n) is 11.9. The number of hydrogen-bond donors (Lipinski definition) is 0. The maximum atomic E-state index is 12.8. The van der Waals surface area contributed by atoms with Gasteiger partial charge in [-0.2, -0.15) is 0 Å². The summed E-state index contributed by atoms with van der Waals surface area (Å²) in [6.45, 7) is 1.72. The van der Waals surface area contributed by atoms with E-state index in [9.17, 15) is 9.59 Å². The first kappa shape index (κ1) is 33.4. The second-order valence-corrected chi connectivity index (χ2v) is 15.9. The molecule has 0 bridgehead atoms. The van der Waals surface area contributed by atoms with Gasteiger partial charge in [0.15, 0.2) is 0 Å². The number of hydrogen-bond acceptors (Lipinski definition) is 4. The maximum absolute atomic E-state index is 12.8. The van der Waals surface area contributed by atoms with Gasteiger partial charge in [-0.15, -0.1) is 0 Å². The van der Waals surface area contributed by atoms with Crippen LogP contribution in [0.5, 0.6) is 0 Å². The van der Waals surface area contributed by atoms with Crippen LogP contribution in [-0.2, 0) is 19.1 Å². The van der Waals surface area contributed by atoms with Crippen molar-refractivity contribution in [3.63, 3.8) is 0 Å². The van der Waals surface area contributed by atoms with Gasteiger partial charge in [-0.05, 0) is 6.92 Å². The molecule has 5 heteroatoms. The quantitative estimate of drug-likeness (QED) is 0.0831. The van der Waals surface area contributed by atoms with Crippen molar-refractivity contribution in [2.75, 3.05) is 20.4 Å². The monoisotopic (exact) mass is 612 g/mol. The number of allylic oxidation sites excluding steroid dienone is 2. The normalized spacial score (nSPS) is 14.2. The molecule has 4 rings (SSSR count). The summed E-state index contributed by atoms with van der Waals surface area (Å²) in [5.74, 6) is -0.403. The number of ketones is 2. The van der Waals surface area contributed by atoms with Crippen molar-refractivity contribution in [1.29, 1.82) is 0 Å². The molecular formula is C39H49O4P. The number of Topliss-reactive ketones (excluding diaryl/α,β-unsaturated/α-hetero) is 2. The van der Waals surface area contributed by atoms with Gasteiger partial charge in [-0.25, -0.2) is 0 Å². The summed E-state index contributed by atoms with van der Waals surface area (Å²) in [7, 11) is 0.693. The molecule has 0 N–H and O–H groups in total. The number of ether oxygens (including phenoxy) is 2. The van der Waals surface area contributed by atoms with E-state index < -0.39 is 7.26 Å². The molecule has 0 atom stereocenters. The molecule has 44 heavy (non-hydrogen) atoms. The topological polar surface area (TPSA) is 52.6 Å². The minimum absolute atomic E-state index is 0.0173. The zero-order valence-corrected chi connectivity index (χ0v) is 27.8. The van der Waals surface area contributed by atoms with E-state index >= 15 is 0 Å². The average Bonchev–Trinajstić information content (AvgIpc) is 3.07. The van der Waals surface area contributed by atoms with Crippen LogP contribution in [0.4, 0.5) is 0 Å². The zero-order chi connectivity index (χ0) is 31.2. The molecule has 0 aromatic heterocycles. The van der Waals surface area contributed by atoms with Gasteiger partial charge in [-0.3, -0.25) is 9.59 Å². The van der Waals surface area contributed by atoms with E-state index in [2.05, 4.69) is 91.0 Å². The molecule has 234 valence electrons. The predicted octanol–water partition coefficient (Wildman–Crippen LogP) is 7.98. The third kappa shape index (κ3) is 7.96. The van der Waals surface area contributed by atoms with Crippen molar-refractivity contribution in [1.82, 2.24) is 0 Å². The summed E-state index contributed by atoms with van der Waals surface area (Å²) in [5, 5.41) is 4.50. The van der Waals surface area contributed by atoms with E-state index in [-0.39, 0.29) is 23.1 Å². The molecule has 0 saturated heterocycles. The van der Waals surface area contributed by atoms with Crippen LogP contribution in [-0.4, -0.2) is 31.9 Å². The van der Waals surface area contributed by atoms with Crippen molar-refractivity contribution in [3.05, 3.63) is 114 Å². The first-order valence-electron chi connectivity index (χ1n) is 16.3. The molecule has 0 spiro atoms. The van der Waals surface area contributed by atoms with Crippen LogP contribution in [0.25, 0.3) is 0 Å². The van der Waals surface area contributed by atoms with Gasteiger partial charge in [0.05, 0.1) is 14.2 Å². The molecule has 0 aliphatic heterocycles. The van der Waals surface area contributed by atoms with Crippen molar-refractivity contribution in [2.24, 2.45) is 0 Å². The first-order chi connectivity index (χ1) is 21.5. The molecule has 3 aromatic rings. The van der Waals surface area contributed by atoms with E-state index in [1.165, 1.54) is 81.2 Å². The Labute approximate surface area is 264 Å². The summed E-state index contributed by atoms with van der Waals surface area (Å²) >= 11 is 0. The smallest absolute Gasteiger partial charge is 0.227 e. The Hall–Kier alpha value is -3.49. The van der Waals surface area contributed by atoms with Crippen LogP contribution >= 0.6 is 7.26 Å². The number of carbonyl (C=O) groups is 2. The minimum atomic E-state index is -2.11. The predicted molar refractivity (Wildman–Crippen MR) is 186 cm³/mol. The molecule has 0 unspecified atom stereocenters. The van der Waals surface area contributed by atoms with Crippen molar-refractivity contribution < 1.29 is 19.1 Å². The molecule has 4 nitrogen and oxygen atoms in total. The fraction of sp³-hybridized carbons (Fsp3) is 0.385. The van der Waals surface area contributed by atoms with E-state index in [1.807, 2.05) is 0 Å². The molecule has 0 fully saturated rings. The van der Waals surface area contributed by atoms with Crippen molar-refractivity contribution >= 4 is 34.7 Å². The van der Waals surface area contributed by atoms with Gasteiger partial charge in [0.2, 0.25) is 23.1 Å². The molecule has 0 heterocycles. The number of methoxy groups -OCH3 is 2. The Morgan fingerprint density at radius 3 is 1.27 bits per heavy atom. The van der Waals surface area contributed by atoms with E-state index in [0.29, 0.717) is 17.6 Å². The maximum Gasteiger partial charge on any atom is 0.227 e. The number of carbonyl (C=O) groups excluding carboxylic acids is 2. The summed E-state index contributed by atoms with van der Waals surface area (Å²) in [5.41, 5.74) is 1.07. The largest absolute Gasteiger partial charge is 0.285 e. The molecular weight excluding hydrogens is 563 g/mol. The van der Waals surface area contributed by atoms with Crippen LogP contribution in [0.2, 0.25) is 0 Å². The molecule has 0 saturated carbocycles. The Kier molecular flexibility index (Phi) is 13.0. The standard InChI is InChI=1S/C39H49O4P/c1-31-35(37(41)39(43-3)38(42-2)36(31)40)29-21-10-8-6-4-5-7-9-11-22-30-44(32-23-15-12-16-24-32,33-25-17-13-18-26-33)34-27-19-14-20-28-34/h12-20,23-28,44H,4-11,21-22,29-30H2,1-3H3. The van der Waals surface area contributed by atoms with Crippen molar-refractivity contribution in [2.45, 2.75) is 77.6 Å². The van der Waals surface area contributed by atoms with Crippen LogP contribution in [0.1, 0.15) is 77.6 Å². The zero-order valence-electron chi connectivity index (χ0n) is 26.8. The van der Waals surface area contributed by atoms with Gasteiger partial charge in [0.1, 0.15) is 0 Å². The van der Waals surface area contributed by atoms with Gasteiger partial charge in [-0.1, -0.05) is 0 Å². The minimum Gasteiger partial charge on any atom is -0.285 e. The summed E-state index contributed by atoms with van der Waals surface area (Å²) in [6, 6.07) is 33.7. The third-order valence-electron chi connectivity index (χ3n) is 9.12. The van der Waals surface area contributed by atoms with Crippen LogP contribution < -0.4 is 15.9 Å². The molecule has 0 amide bonds. The fourth-order valence-corrected chi connectivity index (χ4v) is 11.6. The molecule has 3 aromatic carbocycles. The van der Waals surface area contributed by atoms with Gasteiger partial charge >= 0.3 is 191 Å². The van der Waals surface area contributed by atoms with E-state index in [0.717, 1.165) is 19.3 Å². The van der Waals surface area contributed by atoms with Crippen LogP contribution in [0, 0.1) is 0 Å². The fourth-order valence-electron chi connectivity index (χ4n) is 6.70. The van der Waals surface area contributed by atoms with Crippen LogP contribution in [0.15, 0.2) is 114 Å². The summed E-state index contributed by atoms with van der Waals surface area (Å²) in [6.07, 6.45) is 13.8. The molecule has 0 radical (unpaired) electrons. The Bertz CT molecular complexity index is 1310. The van der Waals surface area contributed by atoms with E-state index in [4.69, 9.17) is 9.47 Å². The SMILES string of the molecule is COC1=C(OC)C(=O)C(CCCCCCCCCCCC[PH](c2ccccc2)(c2ccccc2)c2ccccc2)=C(C)C1=O. The Balaban J connectivity index is 1.19. The van der Waals surface area contributed by atoms with Gasteiger partial charge < -0.3 is 9.47 Å². The first-order valence-corrected chi connectivity index (χ1v) is 18.5. The van der Waals surface area contributed by atoms with E-state index in [1.54, 1.807) is 6.92 Å². The van der Waals surface area contributed by atoms with Gasteiger partial charge in [0.25, 0.3) is 0 Å². The number of benzene rings is 3. The average molecular weight is 613 g/mol. The number of unbranched alkanes of at least 4 members (excludes halogenated alkanes) is 9. The number of rotatable bonds is 18. The molecule has 1 aliphatic rings. The van der Waals surface area contributed by atoms with Crippen molar-refractivity contribution in [3.8, 4) is 0 Å². The second kappa shape index (κ2) is 17.1. The van der Waals surface area contributed by atoms with Crippen LogP contribution in [0.3, 0.4) is 0 Å². The summed E-state index contributed by atoms with van der Waals surface area (Å²) < 4.78 is 10.3. The molecule has 1 aliphatic carbocycles. The van der Waals surface area contributed by atoms with Gasteiger partial charge in [0, 0.05) is 11.1 Å². The summed E-state index contributed by atoms with van der Waals surface area (Å²) in [4.78, 5) is 25.4. The third-order valence-corrected chi connectivity index (χ3v) is 14.2. The Morgan fingerprint density at radius 2 is 0.864 bits per heavy atom. The Morgan fingerprint density at radius 1 is 0.500 bits per heavy atom.